The molecule has 14 heteroatoms. The third kappa shape index (κ3) is 6.76. The summed E-state index contributed by atoms with van der Waals surface area (Å²) in [6.07, 6.45) is 3.31. The van der Waals surface area contributed by atoms with E-state index in [1.165, 1.54) is 21.5 Å². The maximum atomic E-state index is 12.7. The number of nitrogens with one attached hydrogen (secondary N) is 1. The van der Waals surface area contributed by atoms with E-state index in [0.29, 0.717) is 22.8 Å². The van der Waals surface area contributed by atoms with Crippen molar-refractivity contribution in [3.05, 3.63) is 128 Å². The number of carboxylic acids is 1. The molecule has 14 nitrogen and oxygen atoms in total. The maximum Gasteiger partial charge on any atom is 0.341 e. The van der Waals surface area contributed by atoms with E-state index in [9.17, 15) is 19.2 Å². The third-order valence-electron chi connectivity index (χ3n) is 6.09. The van der Waals surface area contributed by atoms with Crippen molar-refractivity contribution in [2.75, 3.05) is 5.32 Å². The zero-order valence-electron chi connectivity index (χ0n) is 24.0. The minimum atomic E-state index is -1.26. The number of amides is 1. The molecule has 44 heavy (non-hydrogen) atoms. The van der Waals surface area contributed by atoms with Crippen LogP contribution in [0.1, 0.15) is 43.2 Å². The van der Waals surface area contributed by atoms with Crippen LogP contribution in [0.25, 0.3) is 23.5 Å². The number of nitrogens with zero attached hydrogens (tertiary/aromatic N) is 8. The van der Waals surface area contributed by atoms with Gasteiger partial charge in [-0.2, -0.15) is 19.6 Å². The summed E-state index contributed by atoms with van der Waals surface area (Å²) in [6, 6.07) is 16.8. The van der Waals surface area contributed by atoms with Crippen LogP contribution in [-0.4, -0.2) is 56.8 Å². The summed E-state index contributed by atoms with van der Waals surface area (Å²) in [5, 5.41) is 30.5. The molecule has 1 amide bonds. The van der Waals surface area contributed by atoms with Gasteiger partial charge in [0.15, 0.2) is 0 Å². The molecule has 0 unspecified atom stereocenters. The molecule has 0 radical (unpaired) electrons. The molecule has 0 aliphatic heterocycles. The van der Waals surface area contributed by atoms with Gasteiger partial charge in [0.1, 0.15) is 11.1 Å². The molecular weight excluding hydrogens is 566 g/mol. The number of aryl methyl sites for hydroxylation is 3. The van der Waals surface area contributed by atoms with Crippen molar-refractivity contribution in [3.63, 3.8) is 0 Å². The Morgan fingerprint density at radius 2 is 1.32 bits per heavy atom. The quantitative estimate of drug-likeness (QED) is 0.285. The van der Waals surface area contributed by atoms with E-state index >= 15 is 0 Å². The number of rotatable bonds is 7. The number of carboxylic acid groups (broad SMARTS) is 1. The topological polar surface area (TPSA) is 180 Å². The number of carbonyl (C=O) groups excluding carboxylic acids is 1. The molecule has 0 saturated carbocycles. The minimum Gasteiger partial charge on any atom is -0.477 e. The molecule has 5 rings (SSSR count). The van der Waals surface area contributed by atoms with E-state index in [1.54, 1.807) is 69.4 Å². The first-order chi connectivity index (χ1) is 21.0. The molecule has 2 N–H and O–H groups in total. The lowest BCUT2D eigenvalue weighted by molar-refractivity contribution is 0.0693. The smallest absolute Gasteiger partial charge is 0.341 e. The van der Waals surface area contributed by atoms with Gasteiger partial charge in [-0.15, -0.1) is 0 Å². The molecule has 0 spiro atoms. The molecule has 0 bridgehead atoms. The zero-order chi connectivity index (χ0) is 32.0. The molecule has 3 aromatic heterocycles. The Kier molecular flexibility index (Phi) is 9.14. The Morgan fingerprint density at radius 3 is 1.77 bits per heavy atom. The van der Waals surface area contributed by atoms with Gasteiger partial charge in [-0.05, 0) is 71.8 Å². The van der Waals surface area contributed by atoms with Crippen molar-refractivity contribution in [3.8, 4) is 11.4 Å². The molecule has 0 saturated heterocycles. The number of hydrogen-bond donors (Lipinski definition) is 2. The van der Waals surface area contributed by atoms with E-state index in [2.05, 4.69) is 44.2 Å². The highest BCUT2D eigenvalue weighted by Gasteiger charge is 2.18. The van der Waals surface area contributed by atoms with Gasteiger partial charge in [-0.1, -0.05) is 54.7 Å². The summed E-state index contributed by atoms with van der Waals surface area (Å²) < 4.78 is 3.57. The van der Waals surface area contributed by atoms with Gasteiger partial charge < -0.3 is 5.11 Å². The summed E-state index contributed by atoms with van der Waals surface area (Å²) >= 11 is 0. The van der Waals surface area contributed by atoms with Crippen LogP contribution in [0.2, 0.25) is 0 Å². The average molecular weight is 594 g/mol. The molecule has 0 atom stereocenters. The van der Waals surface area contributed by atoms with Crippen molar-refractivity contribution >= 4 is 30.0 Å². The molecule has 2 aromatic carbocycles. The van der Waals surface area contributed by atoms with Gasteiger partial charge in [-0.25, -0.2) is 9.48 Å². The van der Waals surface area contributed by atoms with Crippen LogP contribution >= 0.6 is 0 Å². The van der Waals surface area contributed by atoms with Crippen molar-refractivity contribution in [2.45, 2.75) is 13.8 Å². The monoisotopic (exact) mass is 593 g/mol. The molecule has 3 heterocycles. The summed E-state index contributed by atoms with van der Waals surface area (Å²) in [4.78, 5) is 48.3. The van der Waals surface area contributed by atoms with Gasteiger partial charge in [0.05, 0.1) is 22.8 Å². The van der Waals surface area contributed by atoms with E-state index < -0.39 is 23.0 Å². The van der Waals surface area contributed by atoms with Gasteiger partial charge in [0.25, 0.3) is 17.0 Å². The number of carbonyl (C=O) groups is 2. The Hall–Kier alpha value is -6.31. The summed E-state index contributed by atoms with van der Waals surface area (Å²) in [5.74, 6) is -1.73. The van der Waals surface area contributed by atoms with E-state index in [-0.39, 0.29) is 17.1 Å². The second kappa shape index (κ2) is 13.1. The van der Waals surface area contributed by atoms with Crippen LogP contribution in [0.5, 0.6) is 0 Å². The number of tetrazole rings is 1. The molecule has 0 aliphatic carbocycles. The fraction of sp³-hybridized carbons (Fsp3) is 0.100. The summed E-state index contributed by atoms with van der Waals surface area (Å²) in [5.41, 5.74) is 2.14. The second-order valence-corrected chi connectivity index (χ2v) is 9.32. The summed E-state index contributed by atoms with van der Waals surface area (Å²) in [6.45, 7) is 10.7. The fourth-order valence-corrected chi connectivity index (χ4v) is 3.97. The fourth-order valence-electron chi connectivity index (χ4n) is 3.97. The number of aromatic nitrogens is 8. The second-order valence-electron chi connectivity index (χ2n) is 9.32. The average Bonchev–Trinajstić information content (AvgIpc) is 3.42. The van der Waals surface area contributed by atoms with Crippen LogP contribution in [0, 0.1) is 13.8 Å². The Bertz CT molecular complexity index is 2020. The first kappa shape index (κ1) is 30.6. The van der Waals surface area contributed by atoms with Crippen molar-refractivity contribution in [2.24, 2.45) is 7.05 Å². The molecule has 0 fully saturated rings. The first-order valence-electron chi connectivity index (χ1n) is 13.0. The zero-order valence-corrected chi connectivity index (χ0v) is 24.0. The minimum absolute atomic E-state index is 0.0560. The van der Waals surface area contributed by atoms with Gasteiger partial charge in [-0.3, -0.25) is 19.7 Å². The predicted octanol–water partition coefficient (Wildman–Crippen LogP) is 2.84. The largest absolute Gasteiger partial charge is 0.477 e. The number of aromatic carboxylic acids is 1. The Labute approximate surface area is 250 Å². The van der Waals surface area contributed by atoms with Gasteiger partial charge >= 0.3 is 5.97 Å². The van der Waals surface area contributed by atoms with Crippen molar-refractivity contribution in [1.29, 1.82) is 0 Å². The van der Waals surface area contributed by atoms with Crippen LogP contribution < -0.4 is 16.4 Å². The van der Waals surface area contributed by atoms with E-state index in [4.69, 9.17) is 5.11 Å². The maximum absolute atomic E-state index is 12.7. The molecule has 0 aliphatic rings. The summed E-state index contributed by atoms with van der Waals surface area (Å²) in [7, 11) is 1.58. The molecule has 222 valence electrons. The number of benzene rings is 2. The van der Waals surface area contributed by atoms with E-state index in [1.807, 2.05) is 12.1 Å². The standard InChI is InChI=1S/C16H15N7O2.C14H12N2O3/c1-4-11-6-5-7-12(9-11)23-15(25)13(8-10(2)19-23)14(24)17-16-18-20-21-22(16)3;1-3-10-5-4-6-11(8-10)16-13(17)12(14(18)19)7-9(2)15-16/h4-9H,1H2,2-3H3,(H,17,18,21,24);3-8H,1H2,2H3,(H,18,19). The highest BCUT2D eigenvalue weighted by atomic mass is 16.4. The molecular formula is C30H27N9O5. The van der Waals surface area contributed by atoms with Crippen LogP contribution in [0.3, 0.4) is 0 Å². The highest BCUT2D eigenvalue weighted by Crippen LogP contribution is 2.11. The lowest BCUT2D eigenvalue weighted by Gasteiger charge is -2.09. The van der Waals surface area contributed by atoms with Crippen molar-refractivity contribution in [1.82, 2.24) is 39.8 Å². The van der Waals surface area contributed by atoms with E-state index in [0.717, 1.165) is 15.8 Å². The Balaban J connectivity index is 0.000000209. The lowest BCUT2D eigenvalue weighted by atomic mass is 10.2. The first-order valence-corrected chi connectivity index (χ1v) is 13.0. The van der Waals surface area contributed by atoms with Crippen LogP contribution in [-0.2, 0) is 7.05 Å². The highest BCUT2D eigenvalue weighted by molar-refractivity contribution is 6.03. The van der Waals surface area contributed by atoms with Crippen molar-refractivity contribution < 1.29 is 14.7 Å². The number of hydrogen-bond acceptors (Lipinski definition) is 9. The SMILES string of the molecule is C=Cc1cccc(-n2nc(C)cc(C(=O)Nc3nnnn3C)c2=O)c1.C=Cc1cccc(-n2nc(C)cc(C(=O)O)c2=O)c1. The lowest BCUT2D eigenvalue weighted by Crippen LogP contribution is -2.31. The Morgan fingerprint density at radius 1 is 0.818 bits per heavy atom. The molecule has 5 aromatic rings. The normalized spacial score (nSPS) is 10.3. The number of anilines is 1. The third-order valence-corrected chi connectivity index (χ3v) is 6.09. The van der Waals surface area contributed by atoms with Crippen LogP contribution in [0.15, 0.2) is 83.4 Å². The predicted molar refractivity (Wildman–Crippen MR) is 163 cm³/mol. The van der Waals surface area contributed by atoms with Gasteiger partial charge in [0, 0.05) is 7.05 Å². The van der Waals surface area contributed by atoms with Gasteiger partial charge in [0.2, 0.25) is 5.95 Å². The van der Waals surface area contributed by atoms with Crippen LogP contribution in [0.4, 0.5) is 5.95 Å².